The van der Waals surface area contributed by atoms with Crippen LogP contribution in [0.3, 0.4) is 0 Å². The second-order valence-corrected chi connectivity index (χ2v) is 7.78. The molecule has 2 N–H and O–H groups in total. The molecule has 0 saturated heterocycles. The summed E-state index contributed by atoms with van der Waals surface area (Å²) in [6.07, 6.45) is 5.71. The zero-order valence-corrected chi connectivity index (χ0v) is 18.2. The lowest BCUT2D eigenvalue weighted by molar-refractivity contribution is 0.291. The Labute approximate surface area is 192 Å². The number of fused-ring (bicyclic) bond motifs is 1. The number of nitrogens with one attached hydrogen (secondary N) is 1. The molecule has 0 amide bonds. The average Bonchev–Trinajstić information content (AvgIpc) is 3.29. The first-order chi connectivity index (χ1) is 16.3. The first kappa shape index (κ1) is 21.0. The van der Waals surface area contributed by atoms with E-state index in [1.54, 1.807) is 0 Å². The molecular formula is C27H25N5O. The lowest BCUT2D eigenvalue weighted by Crippen LogP contribution is -2.23. The van der Waals surface area contributed by atoms with Crippen molar-refractivity contribution in [2.24, 2.45) is 0 Å². The predicted molar refractivity (Wildman–Crippen MR) is 132 cm³/mol. The van der Waals surface area contributed by atoms with Gasteiger partial charge in [0.15, 0.2) is 5.65 Å². The van der Waals surface area contributed by atoms with Crippen LogP contribution < -0.4 is 5.32 Å². The minimum atomic E-state index is 0.122. The fourth-order valence-corrected chi connectivity index (χ4v) is 4.11. The summed E-state index contributed by atoms with van der Waals surface area (Å²) < 4.78 is 1.93. The Morgan fingerprint density at radius 3 is 2.12 bits per heavy atom. The standard InChI is InChI=1S/C27H25N5O/c33-18-16-29-15-17-32-19-23-24(20-7-3-1-4-8-20)25(21-11-13-28-14-12-21)26(30-27(23)31-32)22-9-5-2-6-10-22/h1-14,19,29,33H,15-18H2. The first-order valence-electron chi connectivity index (χ1n) is 11.1. The summed E-state index contributed by atoms with van der Waals surface area (Å²) in [6.45, 7) is 2.10. The molecule has 5 rings (SSSR count). The fourth-order valence-electron chi connectivity index (χ4n) is 4.11. The van der Waals surface area contributed by atoms with Crippen LogP contribution in [0, 0.1) is 0 Å². The monoisotopic (exact) mass is 435 g/mol. The van der Waals surface area contributed by atoms with Crippen LogP contribution in [-0.2, 0) is 6.54 Å². The molecule has 0 unspecified atom stereocenters. The lowest BCUT2D eigenvalue weighted by atomic mass is 9.90. The van der Waals surface area contributed by atoms with Crippen LogP contribution in [0.2, 0.25) is 0 Å². The molecule has 0 aliphatic heterocycles. The molecule has 6 nitrogen and oxygen atoms in total. The van der Waals surface area contributed by atoms with Gasteiger partial charge in [-0.15, -0.1) is 0 Å². The van der Waals surface area contributed by atoms with E-state index in [1.807, 2.05) is 53.5 Å². The van der Waals surface area contributed by atoms with Gasteiger partial charge in [-0.05, 0) is 23.3 Å². The van der Waals surface area contributed by atoms with Crippen molar-refractivity contribution in [1.29, 1.82) is 0 Å². The van der Waals surface area contributed by atoms with Crippen LogP contribution in [0.25, 0.3) is 44.5 Å². The van der Waals surface area contributed by atoms with E-state index in [-0.39, 0.29) is 6.61 Å². The third-order valence-electron chi connectivity index (χ3n) is 5.60. The van der Waals surface area contributed by atoms with Crippen molar-refractivity contribution in [3.8, 4) is 33.5 Å². The van der Waals surface area contributed by atoms with Gasteiger partial charge in [0, 0.05) is 53.8 Å². The zero-order chi connectivity index (χ0) is 22.5. The Bertz CT molecular complexity index is 1340. The number of rotatable bonds is 8. The van der Waals surface area contributed by atoms with Crippen molar-refractivity contribution in [2.75, 3.05) is 19.7 Å². The number of aliphatic hydroxyl groups excluding tert-OH is 1. The highest BCUT2D eigenvalue weighted by Crippen LogP contribution is 2.42. The highest BCUT2D eigenvalue weighted by Gasteiger charge is 2.21. The molecular weight excluding hydrogens is 410 g/mol. The smallest absolute Gasteiger partial charge is 0.182 e. The maximum atomic E-state index is 9.02. The minimum absolute atomic E-state index is 0.122. The van der Waals surface area contributed by atoms with Gasteiger partial charge < -0.3 is 10.4 Å². The molecule has 0 aliphatic carbocycles. The van der Waals surface area contributed by atoms with Crippen LogP contribution in [0.15, 0.2) is 91.4 Å². The van der Waals surface area contributed by atoms with Gasteiger partial charge in [-0.25, -0.2) is 4.98 Å². The Morgan fingerprint density at radius 2 is 1.42 bits per heavy atom. The van der Waals surface area contributed by atoms with E-state index in [4.69, 9.17) is 15.2 Å². The van der Waals surface area contributed by atoms with E-state index in [0.717, 1.165) is 45.4 Å². The highest BCUT2D eigenvalue weighted by atomic mass is 16.3. The largest absolute Gasteiger partial charge is 0.395 e. The number of aliphatic hydroxyl groups is 1. The molecule has 0 fully saturated rings. The first-order valence-corrected chi connectivity index (χ1v) is 11.1. The van der Waals surface area contributed by atoms with Crippen LogP contribution in [0.1, 0.15) is 0 Å². The minimum Gasteiger partial charge on any atom is -0.395 e. The molecule has 2 aromatic carbocycles. The van der Waals surface area contributed by atoms with Crippen molar-refractivity contribution >= 4 is 11.0 Å². The summed E-state index contributed by atoms with van der Waals surface area (Å²) in [6, 6.07) is 24.7. The Morgan fingerprint density at radius 1 is 0.758 bits per heavy atom. The molecule has 3 aromatic heterocycles. The van der Waals surface area contributed by atoms with Crippen LogP contribution >= 0.6 is 0 Å². The summed E-state index contributed by atoms with van der Waals surface area (Å²) in [5.74, 6) is 0. The van der Waals surface area contributed by atoms with E-state index in [1.165, 1.54) is 0 Å². The number of hydrogen-bond donors (Lipinski definition) is 2. The second kappa shape index (κ2) is 9.73. The van der Waals surface area contributed by atoms with Crippen LogP contribution in [-0.4, -0.2) is 44.6 Å². The van der Waals surface area contributed by atoms with Crippen molar-refractivity contribution in [2.45, 2.75) is 6.54 Å². The van der Waals surface area contributed by atoms with Gasteiger partial charge >= 0.3 is 0 Å². The third kappa shape index (κ3) is 4.39. The van der Waals surface area contributed by atoms with E-state index < -0.39 is 0 Å². The Kier molecular flexibility index (Phi) is 6.19. The molecule has 0 radical (unpaired) electrons. The van der Waals surface area contributed by atoms with Gasteiger partial charge in [-0.2, -0.15) is 5.10 Å². The van der Waals surface area contributed by atoms with Crippen LogP contribution in [0.4, 0.5) is 0 Å². The number of aromatic nitrogens is 4. The highest BCUT2D eigenvalue weighted by molar-refractivity contribution is 6.05. The van der Waals surface area contributed by atoms with E-state index in [0.29, 0.717) is 18.7 Å². The molecule has 0 aliphatic rings. The van der Waals surface area contributed by atoms with Crippen molar-refractivity contribution in [3.05, 3.63) is 91.4 Å². The SMILES string of the molecule is OCCNCCn1cc2c(-c3ccccc3)c(-c3ccncc3)c(-c3ccccc3)nc2n1. The number of nitrogens with zero attached hydrogens (tertiary/aromatic N) is 4. The molecule has 0 bridgehead atoms. The maximum absolute atomic E-state index is 9.02. The molecule has 33 heavy (non-hydrogen) atoms. The van der Waals surface area contributed by atoms with Gasteiger partial charge in [0.1, 0.15) is 0 Å². The third-order valence-corrected chi connectivity index (χ3v) is 5.60. The Hall–Kier alpha value is -3.87. The molecule has 5 aromatic rings. The Balaban J connectivity index is 1.78. The maximum Gasteiger partial charge on any atom is 0.182 e. The molecule has 164 valence electrons. The molecule has 6 heteroatoms. The molecule has 0 atom stereocenters. The van der Waals surface area contributed by atoms with Crippen LogP contribution in [0.5, 0.6) is 0 Å². The summed E-state index contributed by atoms with van der Waals surface area (Å²) in [4.78, 5) is 9.29. The van der Waals surface area contributed by atoms with Gasteiger partial charge in [0.25, 0.3) is 0 Å². The summed E-state index contributed by atoms with van der Waals surface area (Å²) >= 11 is 0. The molecule has 0 saturated carbocycles. The normalized spacial score (nSPS) is 11.2. The molecule has 3 heterocycles. The average molecular weight is 436 g/mol. The number of benzene rings is 2. The van der Waals surface area contributed by atoms with E-state index >= 15 is 0 Å². The van der Waals surface area contributed by atoms with Gasteiger partial charge in [-0.3, -0.25) is 9.67 Å². The number of hydrogen-bond acceptors (Lipinski definition) is 5. The molecule has 0 spiro atoms. The zero-order valence-electron chi connectivity index (χ0n) is 18.2. The lowest BCUT2D eigenvalue weighted by Gasteiger charge is -2.16. The quantitative estimate of drug-likeness (QED) is 0.353. The van der Waals surface area contributed by atoms with Crippen molar-refractivity contribution in [3.63, 3.8) is 0 Å². The summed E-state index contributed by atoms with van der Waals surface area (Å²) in [5.41, 5.74) is 7.02. The van der Waals surface area contributed by atoms with E-state index in [9.17, 15) is 0 Å². The van der Waals surface area contributed by atoms with Crippen molar-refractivity contribution in [1.82, 2.24) is 25.1 Å². The van der Waals surface area contributed by atoms with Gasteiger partial charge in [-0.1, -0.05) is 60.7 Å². The van der Waals surface area contributed by atoms with Gasteiger partial charge in [0.2, 0.25) is 0 Å². The predicted octanol–water partition coefficient (Wildman–Crippen LogP) is 4.41. The summed E-state index contributed by atoms with van der Waals surface area (Å²) in [7, 11) is 0. The fraction of sp³-hybridized carbons (Fsp3) is 0.148. The van der Waals surface area contributed by atoms with Gasteiger partial charge in [0.05, 0.1) is 18.8 Å². The second-order valence-electron chi connectivity index (χ2n) is 7.78. The number of pyridine rings is 2. The summed E-state index contributed by atoms with van der Waals surface area (Å²) in [5, 5.41) is 18.0. The van der Waals surface area contributed by atoms with Crippen molar-refractivity contribution < 1.29 is 5.11 Å². The topological polar surface area (TPSA) is 75.9 Å². The van der Waals surface area contributed by atoms with E-state index in [2.05, 4.69) is 52.9 Å².